The second-order valence-electron chi connectivity index (χ2n) is 4.92. The molecule has 1 fully saturated rings. The highest BCUT2D eigenvalue weighted by atomic mass is 16.5. The third kappa shape index (κ3) is 3.31. The Kier molecular flexibility index (Phi) is 3.99. The van der Waals surface area contributed by atoms with E-state index in [9.17, 15) is 4.79 Å². The molecule has 0 atom stereocenters. The highest BCUT2D eigenvalue weighted by Gasteiger charge is 2.47. The van der Waals surface area contributed by atoms with Gasteiger partial charge in [-0.15, -0.1) is 0 Å². The first-order valence-electron chi connectivity index (χ1n) is 6.28. The van der Waals surface area contributed by atoms with Crippen molar-refractivity contribution in [2.24, 2.45) is 5.73 Å². The Morgan fingerprint density at radius 3 is 2.67 bits per heavy atom. The number of hydrogen-bond donors (Lipinski definition) is 1. The van der Waals surface area contributed by atoms with Crippen LogP contribution in [0.2, 0.25) is 0 Å². The van der Waals surface area contributed by atoms with Crippen LogP contribution in [0.5, 0.6) is 0 Å². The summed E-state index contributed by atoms with van der Waals surface area (Å²) in [7, 11) is 1.78. The van der Waals surface area contributed by atoms with Crippen LogP contribution in [0.4, 0.5) is 0 Å². The average Bonchev–Trinajstić information content (AvgIpc) is 3.14. The Balaban J connectivity index is 1.65. The molecule has 0 radical (unpaired) electrons. The van der Waals surface area contributed by atoms with E-state index < -0.39 is 5.54 Å². The molecule has 4 nitrogen and oxygen atoms in total. The molecule has 2 N–H and O–H groups in total. The van der Waals surface area contributed by atoms with Gasteiger partial charge in [-0.05, 0) is 18.4 Å². The molecule has 0 unspecified atom stereocenters. The molecule has 98 valence electrons. The van der Waals surface area contributed by atoms with Crippen molar-refractivity contribution in [2.45, 2.75) is 25.0 Å². The number of hydrogen-bond acceptors (Lipinski definition) is 3. The summed E-state index contributed by atoms with van der Waals surface area (Å²) in [4.78, 5) is 13.5. The Hall–Kier alpha value is -1.39. The van der Waals surface area contributed by atoms with Gasteiger partial charge in [-0.3, -0.25) is 4.79 Å². The van der Waals surface area contributed by atoms with Crippen LogP contribution >= 0.6 is 0 Å². The number of carbonyl (C=O) groups excluding carboxylic acids is 1. The van der Waals surface area contributed by atoms with Gasteiger partial charge in [0.05, 0.1) is 18.8 Å². The molecule has 1 amide bonds. The predicted octanol–water partition coefficient (Wildman–Crippen LogP) is 1.15. The van der Waals surface area contributed by atoms with Crippen molar-refractivity contribution >= 4 is 5.91 Å². The van der Waals surface area contributed by atoms with Gasteiger partial charge in [0.25, 0.3) is 0 Å². The molecule has 1 aromatic carbocycles. The number of likely N-dealkylation sites (N-methyl/N-ethyl adjacent to an activating group) is 1. The minimum atomic E-state index is -0.575. The summed E-state index contributed by atoms with van der Waals surface area (Å²) in [5.41, 5.74) is 6.42. The Morgan fingerprint density at radius 1 is 1.39 bits per heavy atom. The van der Waals surface area contributed by atoms with E-state index in [1.807, 2.05) is 30.3 Å². The van der Waals surface area contributed by atoms with E-state index in [4.69, 9.17) is 10.5 Å². The van der Waals surface area contributed by atoms with Gasteiger partial charge in [-0.1, -0.05) is 30.3 Å². The molecule has 0 aromatic heterocycles. The van der Waals surface area contributed by atoms with Crippen molar-refractivity contribution in [3.8, 4) is 0 Å². The lowest BCUT2D eigenvalue weighted by atomic mass is 10.2. The van der Waals surface area contributed by atoms with Crippen molar-refractivity contribution in [3.63, 3.8) is 0 Å². The quantitative estimate of drug-likeness (QED) is 0.768. The van der Waals surface area contributed by atoms with E-state index in [2.05, 4.69) is 0 Å². The standard InChI is InChI=1S/C14H20N2O2/c1-16(13(17)14(15)7-8-14)9-10-18-11-12-5-3-2-4-6-12/h2-6H,7-11,15H2,1H3. The maximum atomic E-state index is 11.8. The summed E-state index contributed by atoms with van der Waals surface area (Å²) in [6, 6.07) is 9.99. The molecule has 0 spiro atoms. The zero-order valence-corrected chi connectivity index (χ0v) is 10.8. The van der Waals surface area contributed by atoms with E-state index in [0.717, 1.165) is 18.4 Å². The fraction of sp³-hybridized carbons (Fsp3) is 0.500. The van der Waals surface area contributed by atoms with E-state index in [1.54, 1.807) is 11.9 Å². The van der Waals surface area contributed by atoms with Crippen LogP contribution in [0.3, 0.4) is 0 Å². The molecule has 0 bridgehead atoms. The first kappa shape index (κ1) is 13.1. The number of nitrogens with two attached hydrogens (primary N) is 1. The van der Waals surface area contributed by atoms with Gasteiger partial charge >= 0.3 is 0 Å². The van der Waals surface area contributed by atoms with Crippen molar-refractivity contribution < 1.29 is 9.53 Å². The molecule has 2 rings (SSSR count). The predicted molar refractivity (Wildman–Crippen MR) is 69.9 cm³/mol. The second kappa shape index (κ2) is 5.50. The minimum Gasteiger partial charge on any atom is -0.375 e. The van der Waals surface area contributed by atoms with Gasteiger partial charge in [-0.25, -0.2) is 0 Å². The van der Waals surface area contributed by atoms with Crippen LogP contribution < -0.4 is 5.73 Å². The van der Waals surface area contributed by atoms with E-state index in [-0.39, 0.29) is 5.91 Å². The van der Waals surface area contributed by atoms with Crippen LogP contribution in [0.15, 0.2) is 30.3 Å². The number of carbonyl (C=O) groups is 1. The number of amides is 1. The van der Waals surface area contributed by atoms with Crippen LogP contribution in [0, 0.1) is 0 Å². The van der Waals surface area contributed by atoms with Gasteiger partial charge in [0.15, 0.2) is 0 Å². The highest BCUT2D eigenvalue weighted by molar-refractivity contribution is 5.88. The smallest absolute Gasteiger partial charge is 0.242 e. The summed E-state index contributed by atoms with van der Waals surface area (Å²) >= 11 is 0. The molecule has 1 aliphatic carbocycles. The first-order chi connectivity index (χ1) is 8.62. The molecule has 18 heavy (non-hydrogen) atoms. The van der Waals surface area contributed by atoms with Crippen molar-refractivity contribution in [1.29, 1.82) is 0 Å². The lowest BCUT2D eigenvalue weighted by molar-refractivity contribution is -0.133. The van der Waals surface area contributed by atoms with E-state index in [0.29, 0.717) is 19.8 Å². The Labute approximate surface area is 108 Å². The van der Waals surface area contributed by atoms with Gasteiger partial charge < -0.3 is 15.4 Å². The molecular weight excluding hydrogens is 228 g/mol. The van der Waals surface area contributed by atoms with Gasteiger partial charge in [0.2, 0.25) is 5.91 Å². The molecule has 1 saturated carbocycles. The summed E-state index contributed by atoms with van der Waals surface area (Å²) < 4.78 is 5.54. The summed E-state index contributed by atoms with van der Waals surface area (Å²) in [5.74, 6) is 0.0332. The van der Waals surface area contributed by atoms with Crippen LogP contribution in [-0.2, 0) is 16.1 Å². The van der Waals surface area contributed by atoms with E-state index in [1.165, 1.54) is 0 Å². The van der Waals surface area contributed by atoms with Crippen molar-refractivity contribution in [2.75, 3.05) is 20.2 Å². The largest absolute Gasteiger partial charge is 0.375 e. The number of rotatable bonds is 6. The summed E-state index contributed by atoms with van der Waals surface area (Å²) in [6.07, 6.45) is 1.61. The second-order valence-corrected chi connectivity index (χ2v) is 4.92. The SMILES string of the molecule is CN(CCOCc1ccccc1)C(=O)C1(N)CC1. The van der Waals surface area contributed by atoms with Crippen molar-refractivity contribution in [3.05, 3.63) is 35.9 Å². The number of nitrogens with zero attached hydrogens (tertiary/aromatic N) is 1. The van der Waals surface area contributed by atoms with Gasteiger partial charge in [0, 0.05) is 13.6 Å². The Morgan fingerprint density at radius 2 is 2.06 bits per heavy atom. The normalized spacial score (nSPS) is 16.3. The lowest BCUT2D eigenvalue weighted by Gasteiger charge is -2.20. The Bertz CT molecular complexity index is 402. The molecule has 1 aromatic rings. The van der Waals surface area contributed by atoms with Gasteiger partial charge in [0.1, 0.15) is 0 Å². The number of ether oxygens (including phenoxy) is 1. The minimum absolute atomic E-state index is 0.0332. The lowest BCUT2D eigenvalue weighted by Crippen LogP contribution is -2.44. The number of benzene rings is 1. The fourth-order valence-electron chi connectivity index (χ4n) is 1.80. The van der Waals surface area contributed by atoms with Crippen LogP contribution in [0.1, 0.15) is 18.4 Å². The molecular formula is C14H20N2O2. The highest BCUT2D eigenvalue weighted by Crippen LogP contribution is 2.33. The topological polar surface area (TPSA) is 55.6 Å². The molecule has 0 aliphatic heterocycles. The summed E-state index contributed by atoms with van der Waals surface area (Å²) in [5, 5.41) is 0. The molecule has 4 heteroatoms. The third-order valence-corrected chi connectivity index (χ3v) is 3.24. The molecule has 0 saturated heterocycles. The average molecular weight is 248 g/mol. The molecule has 0 heterocycles. The zero-order chi connectivity index (χ0) is 13.0. The zero-order valence-electron chi connectivity index (χ0n) is 10.8. The first-order valence-corrected chi connectivity index (χ1v) is 6.28. The molecule has 1 aliphatic rings. The fourth-order valence-corrected chi connectivity index (χ4v) is 1.80. The van der Waals surface area contributed by atoms with Gasteiger partial charge in [-0.2, -0.15) is 0 Å². The monoisotopic (exact) mass is 248 g/mol. The summed E-state index contributed by atoms with van der Waals surface area (Å²) in [6.45, 7) is 1.70. The van der Waals surface area contributed by atoms with Crippen LogP contribution in [-0.4, -0.2) is 36.5 Å². The van der Waals surface area contributed by atoms with Crippen LogP contribution in [0.25, 0.3) is 0 Å². The third-order valence-electron chi connectivity index (χ3n) is 3.24. The van der Waals surface area contributed by atoms with Crippen molar-refractivity contribution in [1.82, 2.24) is 4.90 Å². The van der Waals surface area contributed by atoms with E-state index >= 15 is 0 Å². The maximum absolute atomic E-state index is 11.8. The maximum Gasteiger partial charge on any atom is 0.242 e.